The third-order valence-corrected chi connectivity index (χ3v) is 4.40. The van der Waals surface area contributed by atoms with Crippen molar-refractivity contribution in [2.24, 2.45) is 0 Å². The van der Waals surface area contributed by atoms with Gasteiger partial charge in [-0.1, -0.05) is 6.07 Å². The first-order valence-electron chi connectivity index (χ1n) is 8.43. The molecule has 0 aliphatic heterocycles. The summed E-state index contributed by atoms with van der Waals surface area (Å²) in [7, 11) is 0. The van der Waals surface area contributed by atoms with Gasteiger partial charge in [0.25, 0.3) is 5.91 Å². The van der Waals surface area contributed by atoms with Gasteiger partial charge in [-0.25, -0.2) is 4.79 Å². The zero-order valence-corrected chi connectivity index (χ0v) is 14.5. The molecule has 0 saturated carbocycles. The molecule has 8 heteroatoms. The Hall–Kier alpha value is -3.29. The molecule has 0 bridgehead atoms. The number of rotatable bonds is 5. The molecule has 0 radical (unpaired) electrons. The molecule has 1 N–H and O–H groups in total. The van der Waals surface area contributed by atoms with Gasteiger partial charge < -0.3 is 10.1 Å². The second kappa shape index (κ2) is 7.53. The number of nitrogens with one attached hydrogen (secondary N) is 1. The SMILES string of the molecule is C[C@H](OC(=O)c1ccc2c(c1)CCC2)C(=O)Nc1ccc(F)c([N+](=O)[O-])c1. The van der Waals surface area contributed by atoms with E-state index in [2.05, 4.69) is 5.32 Å². The molecule has 0 saturated heterocycles. The third-order valence-electron chi connectivity index (χ3n) is 4.40. The maximum Gasteiger partial charge on any atom is 0.338 e. The van der Waals surface area contributed by atoms with Gasteiger partial charge >= 0.3 is 11.7 Å². The number of fused-ring (bicyclic) bond motifs is 1. The number of amides is 1. The molecular formula is C19H17FN2O5. The maximum absolute atomic E-state index is 13.3. The minimum absolute atomic E-state index is 0.0357. The van der Waals surface area contributed by atoms with Crippen molar-refractivity contribution >= 4 is 23.3 Å². The number of benzene rings is 2. The van der Waals surface area contributed by atoms with E-state index in [9.17, 15) is 24.1 Å². The third kappa shape index (κ3) is 4.11. The van der Waals surface area contributed by atoms with Crippen LogP contribution in [0.4, 0.5) is 15.8 Å². The molecule has 0 fully saturated rings. The first-order valence-corrected chi connectivity index (χ1v) is 8.43. The molecule has 0 unspecified atom stereocenters. The fraction of sp³-hybridized carbons (Fsp3) is 0.263. The monoisotopic (exact) mass is 372 g/mol. The van der Waals surface area contributed by atoms with Gasteiger partial charge in [0.15, 0.2) is 6.10 Å². The Balaban J connectivity index is 1.64. The first kappa shape index (κ1) is 18.5. The molecular weight excluding hydrogens is 355 g/mol. The van der Waals surface area contributed by atoms with Crippen molar-refractivity contribution in [3.8, 4) is 0 Å². The van der Waals surface area contributed by atoms with Gasteiger partial charge in [-0.3, -0.25) is 14.9 Å². The van der Waals surface area contributed by atoms with Gasteiger partial charge in [-0.15, -0.1) is 0 Å². The number of halogens is 1. The molecule has 140 valence electrons. The highest BCUT2D eigenvalue weighted by Gasteiger charge is 2.22. The molecule has 1 amide bonds. The average molecular weight is 372 g/mol. The highest BCUT2D eigenvalue weighted by atomic mass is 19.1. The number of esters is 1. The maximum atomic E-state index is 13.3. The summed E-state index contributed by atoms with van der Waals surface area (Å²) in [5.74, 6) is -2.31. The largest absolute Gasteiger partial charge is 0.449 e. The van der Waals surface area contributed by atoms with E-state index < -0.39 is 34.4 Å². The second-order valence-corrected chi connectivity index (χ2v) is 6.30. The van der Waals surface area contributed by atoms with Crippen molar-refractivity contribution < 1.29 is 23.6 Å². The number of carbonyl (C=O) groups is 2. The highest BCUT2D eigenvalue weighted by Crippen LogP contribution is 2.24. The van der Waals surface area contributed by atoms with E-state index in [1.165, 1.54) is 18.6 Å². The van der Waals surface area contributed by atoms with E-state index >= 15 is 0 Å². The Morgan fingerprint density at radius 3 is 2.67 bits per heavy atom. The number of carbonyl (C=O) groups excluding carboxylic acids is 2. The molecule has 1 aliphatic rings. The van der Waals surface area contributed by atoms with Crippen LogP contribution in [0.5, 0.6) is 0 Å². The minimum atomic E-state index is -1.13. The molecule has 1 atom stereocenters. The lowest BCUT2D eigenvalue weighted by Gasteiger charge is -2.14. The van der Waals surface area contributed by atoms with Crippen LogP contribution in [0.1, 0.15) is 34.8 Å². The highest BCUT2D eigenvalue weighted by molar-refractivity contribution is 5.97. The smallest absolute Gasteiger partial charge is 0.338 e. The molecule has 7 nitrogen and oxygen atoms in total. The van der Waals surface area contributed by atoms with Gasteiger partial charge in [0.1, 0.15) is 0 Å². The van der Waals surface area contributed by atoms with Crippen LogP contribution >= 0.6 is 0 Å². The normalized spacial score (nSPS) is 13.6. The second-order valence-electron chi connectivity index (χ2n) is 6.30. The van der Waals surface area contributed by atoms with Crippen molar-refractivity contribution in [1.29, 1.82) is 0 Å². The number of nitro benzene ring substituents is 1. The summed E-state index contributed by atoms with van der Waals surface area (Å²) in [6, 6.07) is 8.31. The van der Waals surface area contributed by atoms with Crippen LogP contribution in [-0.2, 0) is 22.4 Å². The van der Waals surface area contributed by atoms with Crippen LogP contribution in [0.25, 0.3) is 0 Å². The molecule has 2 aromatic carbocycles. The lowest BCUT2D eigenvalue weighted by Crippen LogP contribution is -2.30. The van der Waals surface area contributed by atoms with E-state index in [0.717, 1.165) is 37.0 Å². The molecule has 0 aromatic heterocycles. The average Bonchev–Trinajstić information content (AvgIpc) is 3.10. The molecule has 0 heterocycles. The Morgan fingerprint density at radius 2 is 1.93 bits per heavy atom. The fourth-order valence-corrected chi connectivity index (χ4v) is 2.96. The van der Waals surface area contributed by atoms with Crippen LogP contribution in [0.15, 0.2) is 36.4 Å². The summed E-state index contributed by atoms with van der Waals surface area (Å²) >= 11 is 0. The molecule has 1 aliphatic carbocycles. The van der Waals surface area contributed by atoms with Crippen LogP contribution in [0.2, 0.25) is 0 Å². The van der Waals surface area contributed by atoms with Gasteiger partial charge in [0.05, 0.1) is 10.5 Å². The van der Waals surface area contributed by atoms with Crippen LogP contribution in [0, 0.1) is 15.9 Å². The zero-order chi connectivity index (χ0) is 19.6. The summed E-state index contributed by atoms with van der Waals surface area (Å²) in [6.45, 7) is 1.39. The number of hydrogen-bond donors (Lipinski definition) is 1. The molecule has 2 aromatic rings. The summed E-state index contributed by atoms with van der Waals surface area (Å²) in [4.78, 5) is 34.3. The van der Waals surface area contributed by atoms with Crippen LogP contribution in [0.3, 0.4) is 0 Å². The predicted molar refractivity (Wildman–Crippen MR) is 95.0 cm³/mol. The molecule has 3 rings (SSSR count). The summed E-state index contributed by atoms with van der Waals surface area (Å²) in [5, 5.41) is 13.1. The Kier molecular flexibility index (Phi) is 5.16. The predicted octanol–water partition coefficient (Wildman–Crippen LogP) is 3.41. The van der Waals surface area contributed by atoms with Gasteiger partial charge in [0.2, 0.25) is 5.82 Å². The zero-order valence-electron chi connectivity index (χ0n) is 14.5. The number of anilines is 1. The Morgan fingerprint density at radius 1 is 1.19 bits per heavy atom. The van der Waals surface area contributed by atoms with Crippen molar-refractivity contribution in [2.75, 3.05) is 5.32 Å². The van der Waals surface area contributed by atoms with E-state index in [4.69, 9.17) is 4.74 Å². The number of hydrogen-bond acceptors (Lipinski definition) is 5. The number of aryl methyl sites for hydroxylation is 2. The van der Waals surface area contributed by atoms with Crippen LogP contribution in [-0.4, -0.2) is 22.9 Å². The van der Waals surface area contributed by atoms with Gasteiger partial charge in [-0.2, -0.15) is 4.39 Å². The fourth-order valence-electron chi connectivity index (χ4n) is 2.96. The van der Waals surface area contributed by atoms with Gasteiger partial charge in [-0.05, 0) is 61.6 Å². The quantitative estimate of drug-likeness (QED) is 0.493. The van der Waals surface area contributed by atoms with E-state index in [1.54, 1.807) is 12.1 Å². The standard InChI is InChI=1S/C19H17FN2O5/c1-11(18(23)21-15-7-8-16(20)17(10-15)22(25)26)27-19(24)14-6-5-12-3-2-4-13(12)9-14/h5-11H,2-4H2,1H3,(H,21,23)/t11-/m0/s1. The van der Waals surface area contributed by atoms with Crippen molar-refractivity contribution in [3.63, 3.8) is 0 Å². The molecule has 27 heavy (non-hydrogen) atoms. The summed E-state index contributed by atoms with van der Waals surface area (Å²) in [5.41, 5.74) is 1.98. The first-order chi connectivity index (χ1) is 12.8. The van der Waals surface area contributed by atoms with Crippen molar-refractivity contribution in [2.45, 2.75) is 32.3 Å². The minimum Gasteiger partial charge on any atom is -0.449 e. The van der Waals surface area contributed by atoms with Crippen molar-refractivity contribution in [1.82, 2.24) is 0 Å². The van der Waals surface area contributed by atoms with E-state index in [0.29, 0.717) is 5.56 Å². The topological polar surface area (TPSA) is 98.5 Å². The molecule has 0 spiro atoms. The van der Waals surface area contributed by atoms with E-state index in [1.807, 2.05) is 6.07 Å². The lowest BCUT2D eigenvalue weighted by atomic mass is 10.1. The van der Waals surface area contributed by atoms with Crippen molar-refractivity contribution in [3.05, 3.63) is 69.0 Å². The van der Waals surface area contributed by atoms with Crippen LogP contribution < -0.4 is 5.32 Å². The summed E-state index contributed by atoms with van der Waals surface area (Å²) in [6.07, 6.45) is 1.83. The summed E-state index contributed by atoms with van der Waals surface area (Å²) < 4.78 is 18.5. The number of nitrogens with zero attached hydrogens (tertiary/aromatic N) is 1. The van der Waals surface area contributed by atoms with E-state index in [-0.39, 0.29) is 5.69 Å². The Bertz CT molecular complexity index is 928. The Labute approximate surface area is 154 Å². The van der Waals surface area contributed by atoms with Gasteiger partial charge in [0, 0.05) is 11.8 Å². The number of ether oxygens (including phenoxy) is 1. The number of nitro groups is 1. The lowest BCUT2D eigenvalue weighted by molar-refractivity contribution is -0.387.